The van der Waals surface area contributed by atoms with Gasteiger partial charge in [0.05, 0.1) is 11.7 Å². The minimum Gasteiger partial charge on any atom is -0.301 e. The monoisotopic (exact) mass is 414 g/mol. The van der Waals surface area contributed by atoms with Crippen molar-refractivity contribution in [2.45, 2.75) is 38.8 Å². The Hall–Kier alpha value is -0.230. The van der Waals surface area contributed by atoms with Crippen LogP contribution in [-0.4, -0.2) is 11.0 Å². The highest BCUT2D eigenvalue weighted by molar-refractivity contribution is 9.13. The van der Waals surface area contributed by atoms with Crippen LogP contribution in [-0.2, 0) is 0 Å². The standard InChI is InChI=1S/C15H16Br2N2S/c1-8-9(2)20-15(18-8)14(19-11-4-5-11)10-3-6-12(16)13(17)7-10/h3,6-7,11,14,19H,4-5H2,1-2H3. The van der Waals surface area contributed by atoms with Crippen LogP contribution in [0, 0.1) is 13.8 Å². The van der Waals surface area contributed by atoms with E-state index in [1.807, 2.05) is 0 Å². The van der Waals surface area contributed by atoms with Crippen LogP contribution in [0.1, 0.15) is 40.0 Å². The third kappa shape index (κ3) is 3.16. The summed E-state index contributed by atoms with van der Waals surface area (Å²) in [6.07, 6.45) is 2.55. The largest absolute Gasteiger partial charge is 0.301 e. The van der Waals surface area contributed by atoms with E-state index in [1.165, 1.54) is 28.3 Å². The van der Waals surface area contributed by atoms with E-state index < -0.39 is 0 Å². The van der Waals surface area contributed by atoms with Crippen molar-refractivity contribution in [1.29, 1.82) is 0 Å². The number of hydrogen-bond donors (Lipinski definition) is 1. The number of aromatic nitrogens is 1. The molecule has 0 aliphatic heterocycles. The molecular formula is C15H16Br2N2S. The first-order valence-corrected chi connectivity index (χ1v) is 9.10. The lowest BCUT2D eigenvalue weighted by atomic mass is 10.1. The molecule has 0 amide bonds. The van der Waals surface area contributed by atoms with E-state index in [0.717, 1.165) is 14.6 Å². The van der Waals surface area contributed by atoms with Crippen LogP contribution < -0.4 is 5.32 Å². The average molecular weight is 416 g/mol. The topological polar surface area (TPSA) is 24.9 Å². The van der Waals surface area contributed by atoms with Gasteiger partial charge in [-0.05, 0) is 76.2 Å². The summed E-state index contributed by atoms with van der Waals surface area (Å²) in [7, 11) is 0. The van der Waals surface area contributed by atoms with Crippen molar-refractivity contribution in [2.75, 3.05) is 0 Å². The van der Waals surface area contributed by atoms with Gasteiger partial charge in [-0.25, -0.2) is 4.98 Å². The molecule has 1 N–H and O–H groups in total. The third-order valence-electron chi connectivity index (χ3n) is 3.55. The Balaban J connectivity index is 1.97. The Morgan fingerprint density at radius 3 is 2.55 bits per heavy atom. The van der Waals surface area contributed by atoms with Crippen molar-refractivity contribution in [1.82, 2.24) is 10.3 Å². The molecule has 0 spiro atoms. The molecular weight excluding hydrogens is 400 g/mol. The van der Waals surface area contributed by atoms with Crippen LogP contribution in [0.3, 0.4) is 0 Å². The predicted molar refractivity (Wildman–Crippen MR) is 91.4 cm³/mol. The van der Waals surface area contributed by atoms with Gasteiger partial charge in [-0.3, -0.25) is 0 Å². The van der Waals surface area contributed by atoms with E-state index in [4.69, 9.17) is 4.98 Å². The molecule has 1 atom stereocenters. The first kappa shape index (κ1) is 14.7. The Morgan fingerprint density at radius 2 is 2.00 bits per heavy atom. The maximum absolute atomic E-state index is 4.75. The van der Waals surface area contributed by atoms with Gasteiger partial charge in [0.2, 0.25) is 0 Å². The fourth-order valence-electron chi connectivity index (χ4n) is 2.11. The number of halogens is 2. The van der Waals surface area contributed by atoms with Crippen LogP contribution in [0.15, 0.2) is 27.1 Å². The van der Waals surface area contributed by atoms with Gasteiger partial charge >= 0.3 is 0 Å². The summed E-state index contributed by atoms with van der Waals surface area (Å²) in [5.41, 5.74) is 2.41. The number of rotatable bonds is 4. The predicted octanol–water partition coefficient (Wildman–Crippen LogP) is 5.13. The Kier molecular flexibility index (Phi) is 4.32. The van der Waals surface area contributed by atoms with Crippen molar-refractivity contribution in [2.24, 2.45) is 0 Å². The number of nitrogens with one attached hydrogen (secondary N) is 1. The smallest absolute Gasteiger partial charge is 0.115 e. The first-order valence-electron chi connectivity index (χ1n) is 6.69. The second kappa shape index (κ2) is 5.87. The van der Waals surface area contributed by atoms with Crippen LogP contribution in [0.25, 0.3) is 0 Å². The van der Waals surface area contributed by atoms with Crippen LogP contribution in [0.5, 0.6) is 0 Å². The number of hydrogen-bond acceptors (Lipinski definition) is 3. The molecule has 1 aliphatic carbocycles. The highest BCUT2D eigenvalue weighted by Crippen LogP contribution is 2.34. The summed E-state index contributed by atoms with van der Waals surface area (Å²) in [6.45, 7) is 4.23. The molecule has 2 aromatic rings. The van der Waals surface area contributed by atoms with Gasteiger partial charge in [-0.2, -0.15) is 0 Å². The van der Waals surface area contributed by atoms with Gasteiger partial charge in [-0.15, -0.1) is 11.3 Å². The zero-order valence-corrected chi connectivity index (χ0v) is 15.4. The molecule has 1 heterocycles. The lowest BCUT2D eigenvalue weighted by Crippen LogP contribution is -2.24. The van der Waals surface area contributed by atoms with Gasteiger partial charge in [-0.1, -0.05) is 6.07 Å². The zero-order chi connectivity index (χ0) is 14.3. The highest BCUT2D eigenvalue weighted by Gasteiger charge is 2.28. The normalized spacial score (nSPS) is 16.4. The molecule has 0 bridgehead atoms. The molecule has 0 radical (unpaired) electrons. The molecule has 1 aromatic carbocycles. The van der Waals surface area contributed by atoms with Crippen molar-refractivity contribution in [3.8, 4) is 0 Å². The van der Waals surface area contributed by atoms with E-state index in [-0.39, 0.29) is 6.04 Å². The molecule has 1 aliphatic rings. The maximum Gasteiger partial charge on any atom is 0.115 e. The highest BCUT2D eigenvalue weighted by atomic mass is 79.9. The third-order valence-corrected chi connectivity index (χ3v) is 6.57. The fourth-order valence-corrected chi connectivity index (χ4v) is 3.76. The molecule has 1 aromatic heterocycles. The van der Waals surface area contributed by atoms with Gasteiger partial charge in [0.15, 0.2) is 0 Å². The fraction of sp³-hybridized carbons (Fsp3) is 0.400. The second-order valence-corrected chi connectivity index (χ2v) is 8.18. The van der Waals surface area contributed by atoms with Crippen molar-refractivity contribution in [3.63, 3.8) is 0 Å². The van der Waals surface area contributed by atoms with E-state index in [2.05, 4.69) is 69.2 Å². The summed E-state index contributed by atoms with van der Waals surface area (Å²) in [5, 5.41) is 4.89. The van der Waals surface area contributed by atoms with Gasteiger partial charge < -0.3 is 5.32 Å². The number of thiazole rings is 1. The van der Waals surface area contributed by atoms with Crippen LogP contribution >= 0.6 is 43.2 Å². The summed E-state index contributed by atoms with van der Waals surface area (Å²) in [5.74, 6) is 0. The van der Waals surface area contributed by atoms with E-state index in [1.54, 1.807) is 11.3 Å². The van der Waals surface area contributed by atoms with Gasteiger partial charge in [0.1, 0.15) is 5.01 Å². The quantitative estimate of drug-likeness (QED) is 0.748. The maximum atomic E-state index is 4.75. The molecule has 1 unspecified atom stereocenters. The summed E-state index contributed by atoms with van der Waals surface area (Å²) in [6, 6.07) is 7.28. The molecule has 1 fully saturated rings. The van der Waals surface area contributed by atoms with Crippen LogP contribution in [0.4, 0.5) is 0 Å². The summed E-state index contributed by atoms with van der Waals surface area (Å²) in [4.78, 5) is 6.05. The minimum atomic E-state index is 0.198. The van der Waals surface area contributed by atoms with E-state index in [9.17, 15) is 0 Å². The molecule has 1 saturated carbocycles. The first-order chi connectivity index (χ1) is 9.54. The molecule has 106 valence electrons. The second-order valence-electron chi connectivity index (χ2n) is 5.24. The number of nitrogens with zero attached hydrogens (tertiary/aromatic N) is 1. The summed E-state index contributed by atoms with van der Waals surface area (Å²) < 4.78 is 2.17. The van der Waals surface area contributed by atoms with Gasteiger partial charge in [0, 0.05) is 19.9 Å². The molecule has 3 rings (SSSR count). The lowest BCUT2D eigenvalue weighted by Gasteiger charge is -2.17. The molecule has 2 nitrogen and oxygen atoms in total. The number of benzene rings is 1. The molecule has 20 heavy (non-hydrogen) atoms. The lowest BCUT2D eigenvalue weighted by molar-refractivity contribution is 0.597. The minimum absolute atomic E-state index is 0.198. The van der Waals surface area contributed by atoms with Crippen LogP contribution in [0.2, 0.25) is 0 Å². The Bertz CT molecular complexity index is 615. The van der Waals surface area contributed by atoms with Gasteiger partial charge in [0.25, 0.3) is 0 Å². The van der Waals surface area contributed by atoms with Crippen molar-refractivity contribution in [3.05, 3.63) is 48.3 Å². The molecule has 5 heteroatoms. The zero-order valence-electron chi connectivity index (χ0n) is 11.4. The average Bonchev–Trinajstić information content (AvgIpc) is 3.17. The van der Waals surface area contributed by atoms with Crippen molar-refractivity contribution >= 4 is 43.2 Å². The Labute approximate surface area is 140 Å². The summed E-state index contributed by atoms with van der Waals surface area (Å²) >= 11 is 8.93. The van der Waals surface area contributed by atoms with E-state index >= 15 is 0 Å². The van der Waals surface area contributed by atoms with E-state index in [0.29, 0.717) is 6.04 Å². The Morgan fingerprint density at radius 1 is 1.25 bits per heavy atom. The SMILES string of the molecule is Cc1nc(C(NC2CC2)c2ccc(Br)c(Br)c2)sc1C. The molecule has 0 saturated heterocycles. The van der Waals surface area contributed by atoms with Crippen molar-refractivity contribution < 1.29 is 0 Å². The number of aryl methyl sites for hydroxylation is 2.